The lowest BCUT2D eigenvalue weighted by atomic mass is 9.95. The largest absolute Gasteiger partial charge is 0.461 e. The van der Waals surface area contributed by atoms with E-state index in [-0.39, 0.29) is 63.1 Å². The predicted molar refractivity (Wildman–Crippen MR) is 197 cm³/mol. The predicted octanol–water partition coefficient (Wildman–Crippen LogP) is 6.79. The molecule has 2 aromatic carbocycles. The topological polar surface area (TPSA) is 134 Å². The molecule has 0 bridgehead atoms. The van der Waals surface area contributed by atoms with E-state index < -0.39 is 43.2 Å². The minimum absolute atomic E-state index is 0.0243. The summed E-state index contributed by atoms with van der Waals surface area (Å²) in [6.45, 7) is 5.38. The number of hydrogen-bond acceptors (Lipinski definition) is 11. The lowest BCUT2D eigenvalue weighted by Crippen LogP contribution is -2.56. The van der Waals surface area contributed by atoms with Crippen molar-refractivity contribution < 1.29 is 31.9 Å². The summed E-state index contributed by atoms with van der Waals surface area (Å²) >= 11 is 6.62. The summed E-state index contributed by atoms with van der Waals surface area (Å²) in [7, 11) is -3.69. The van der Waals surface area contributed by atoms with E-state index in [0.29, 0.717) is 40.1 Å². The molecular weight excluding hydrogens is 727 g/mol. The maximum Gasteiger partial charge on any atom is 0.340 e. The molecule has 3 aliphatic heterocycles. The van der Waals surface area contributed by atoms with Crippen molar-refractivity contribution in [2.24, 2.45) is 0 Å². The van der Waals surface area contributed by atoms with E-state index in [2.05, 4.69) is 20.9 Å². The summed E-state index contributed by atoms with van der Waals surface area (Å²) in [5.41, 5.74) is 0.0213. The first kappa shape index (κ1) is 37.3. The van der Waals surface area contributed by atoms with Crippen molar-refractivity contribution in [1.29, 1.82) is 5.26 Å². The highest BCUT2D eigenvalue weighted by molar-refractivity contribution is 7.54. The van der Waals surface area contributed by atoms with Gasteiger partial charge in [0.2, 0.25) is 5.91 Å². The number of benzene rings is 2. The first-order chi connectivity index (χ1) is 25.6. The molecule has 0 saturated carbocycles. The van der Waals surface area contributed by atoms with Gasteiger partial charge in [-0.05, 0) is 44.7 Å². The molecule has 0 spiro atoms. The summed E-state index contributed by atoms with van der Waals surface area (Å²) in [5.74, 6) is -0.835. The zero-order valence-electron chi connectivity index (χ0n) is 29.6. The van der Waals surface area contributed by atoms with E-state index in [1.807, 2.05) is 29.2 Å². The average molecular weight is 768 g/mol. The van der Waals surface area contributed by atoms with Crippen LogP contribution in [0.15, 0.2) is 42.6 Å². The van der Waals surface area contributed by atoms with Gasteiger partial charge >= 0.3 is 13.6 Å². The fourth-order valence-corrected chi connectivity index (χ4v) is 9.93. The van der Waals surface area contributed by atoms with Crippen LogP contribution < -0.4 is 9.64 Å². The molecule has 3 saturated heterocycles. The lowest BCUT2D eigenvalue weighted by Gasteiger charge is -2.41. The van der Waals surface area contributed by atoms with Crippen LogP contribution in [0.4, 0.5) is 14.6 Å². The summed E-state index contributed by atoms with van der Waals surface area (Å²) in [6, 6.07) is 12.4. The van der Waals surface area contributed by atoms with Crippen molar-refractivity contribution in [1.82, 2.24) is 24.8 Å². The zero-order chi connectivity index (χ0) is 37.3. The Morgan fingerprint density at radius 1 is 1.11 bits per heavy atom. The molecule has 2 aromatic heterocycles. The minimum Gasteiger partial charge on any atom is -0.461 e. The highest BCUT2D eigenvalue weighted by Gasteiger charge is 2.49. The lowest BCUT2D eigenvalue weighted by molar-refractivity contribution is -0.131. The van der Waals surface area contributed by atoms with Crippen LogP contribution in [0.2, 0.25) is 5.02 Å². The van der Waals surface area contributed by atoms with Gasteiger partial charge in [0.05, 0.1) is 42.7 Å². The number of carbonyl (C=O) groups is 1. The van der Waals surface area contributed by atoms with Gasteiger partial charge in [0.1, 0.15) is 36.0 Å². The number of nitrogens with zero attached hydrogens (tertiary/aromatic N) is 7. The third-order valence-electron chi connectivity index (χ3n) is 10.4. The molecule has 53 heavy (non-hydrogen) atoms. The molecule has 4 aromatic rings. The number of fused-ring (bicyclic) bond motifs is 3. The molecule has 3 atom stereocenters. The Labute approximate surface area is 311 Å². The van der Waals surface area contributed by atoms with Gasteiger partial charge < -0.3 is 23.6 Å². The van der Waals surface area contributed by atoms with Crippen molar-refractivity contribution in [3.05, 3.63) is 53.4 Å². The first-order valence-electron chi connectivity index (χ1n) is 17.9. The third kappa shape index (κ3) is 7.30. The Morgan fingerprint density at radius 2 is 1.89 bits per heavy atom. The van der Waals surface area contributed by atoms with Crippen molar-refractivity contribution in [2.75, 3.05) is 63.6 Å². The van der Waals surface area contributed by atoms with Crippen LogP contribution in [0.5, 0.6) is 6.01 Å². The summed E-state index contributed by atoms with van der Waals surface area (Å²) in [5, 5.41) is 12.0. The molecule has 5 heterocycles. The number of ether oxygens (including phenoxy) is 1. The smallest absolute Gasteiger partial charge is 0.340 e. The van der Waals surface area contributed by atoms with Gasteiger partial charge in [0, 0.05) is 54.8 Å². The molecule has 12 nitrogen and oxygen atoms in total. The minimum atomic E-state index is -3.69. The number of anilines is 1. The molecule has 7 rings (SSSR count). The number of rotatable bonds is 12. The molecule has 0 radical (unpaired) electrons. The van der Waals surface area contributed by atoms with Gasteiger partial charge in [-0.1, -0.05) is 41.9 Å². The molecular formula is C37H41ClF2N7O5P. The molecule has 0 unspecified atom stereocenters. The SMILES string of the molecule is CCOP(=O)(CC(=O)N1CCN(c2nc(OC[C@@]34CCCN3C[C@H](F)C4)nc3c(F)c(-c4cccc5cccc(Cl)c45)ncc23)C[C@@H]1CC#N)OCC. The number of nitriles is 1. The Kier molecular flexibility index (Phi) is 10.8. The number of halogens is 3. The number of carbonyl (C=O) groups excluding carboxylic acids is 1. The number of pyridine rings is 1. The van der Waals surface area contributed by atoms with Gasteiger partial charge in [-0.25, -0.2) is 8.78 Å². The van der Waals surface area contributed by atoms with E-state index in [0.717, 1.165) is 24.8 Å². The highest BCUT2D eigenvalue weighted by atomic mass is 35.5. The number of aromatic nitrogens is 3. The number of hydrogen-bond donors (Lipinski definition) is 0. The van der Waals surface area contributed by atoms with Crippen molar-refractivity contribution in [3.8, 4) is 23.3 Å². The van der Waals surface area contributed by atoms with Gasteiger partial charge in [0.25, 0.3) is 0 Å². The fraction of sp³-hybridized carbons (Fsp3) is 0.486. The first-order valence-corrected chi connectivity index (χ1v) is 20.0. The second-order valence-corrected chi connectivity index (χ2v) is 16.1. The van der Waals surface area contributed by atoms with Crippen molar-refractivity contribution in [3.63, 3.8) is 0 Å². The third-order valence-corrected chi connectivity index (χ3v) is 12.7. The van der Waals surface area contributed by atoms with Crippen LogP contribution in [0, 0.1) is 17.1 Å². The van der Waals surface area contributed by atoms with E-state index in [9.17, 15) is 19.0 Å². The molecule has 3 fully saturated rings. The van der Waals surface area contributed by atoms with Crippen LogP contribution in [-0.2, 0) is 18.4 Å². The zero-order valence-corrected chi connectivity index (χ0v) is 31.3. The van der Waals surface area contributed by atoms with E-state index >= 15 is 4.39 Å². The summed E-state index contributed by atoms with van der Waals surface area (Å²) < 4.78 is 61.7. The monoisotopic (exact) mass is 767 g/mol. The molecule has 280 valence electrons. The Morgan fingerprint density at radius 3 is 2.64 bits per heavy atom. The molecule has 3 aliphatic rings. The van der Waals surface area contributed by atoms with Crippen LogP contribution in [0.3, 0.4) is 0 Å². The van der Waals surface area contributed by atoms with E-state index in [4.69, 9.17) is 30.4 Å². The molecule has 1 amide bonds. The van der Waals surface area contributed by atoms with E-state index in [1.54, 1.807) is 26.0 Å². The quantitative estimate of drug-likeness (QED) is 0.141. The number of piperazine rings is 1. The van der Waals surface area contributed by atoms with Crippen LogP contribution in [0.1, 0.15) is 39.5 Å². The maximum atomic E-state index is 16.9. The van der Waals surface area contributed by atoms with Crippen LogP contribution in [-0.4, -0.2) is 107 Å². The fourth-order valence-electron chi connectivity index (χ4n) is 8.09. The van der Waals surface area contributed by atoms with Crippen LogP contribution >= 0.6 is 19.2 Å². The summed E-state index contributed by atoms with van der Waals surface area (Å²) in [4.78, 5) is 33.0. The normalized spacial score (nSPS) is 22.0. The molecule has 0 N–H and O–H groups in total. The maximum absolute atomic E-state index is 16.9. The number of alkyl halides is 1. The van der Waals surface area contributed by atoms with E-state index in [1.165, 1.54) is 11.1 Å². The standard InChI is InChI=1S/C37H41ClF2N7O5P/c1-3-51-53(49,52-4-2)22-30(48)47-17-16-45(21-26(47)12-14-41)35-28-19-42-33(27-10-5-8-24-9-6-11-29(38)31(24)27)32(40)34(28)43-36(44-35)50-23-37-13-7-15-46(37)20-25(39)18-37/h5-6,8-11,19,25-26H,3-4,7,12-13,15-18,20-23H2,1-2H3/t25-,26+,37+/m1/s1. The number of amides is 1. The van der Waals surface area contributed by atoms with Gasteiger partial charge in [-0.15, -0.1) is 0 Å². The van der Waals surface area contributed by atoms with Crippen LogP contribution in [0.25, 0.3) is 32.9 Å². The average Bonchev–Trinajstić information content (AvgIpc) is 3.66. The van der Waals surface area contributed by atoms with Gasteiger partial charge in [-0.3, -0.25) is 19.2 Å². The Balaban J connectivity index is 1.27. The highest BCUT2D eigenvalue weighted by Crippen LogP contribution is 2.48. The molecule has 16 heteroatoms. The molecule has 0 aliphatic carbocycles. The van der Waals surface area contributed by atoms with Gasteiger partial charge in [0.15, 0.2) is 5.82 Å². The second-order valence-electron chi connectivity index (χ2n) is 13.7. The van der Waals surface area contributed by atoms with Gasteiger partial charge in [-0.2, -0.15) is 15.2 Å². The Hall–Kier alpha value is -3.99. The Bertz CT molecular complexity index is 2110. The van der Waals surface area contributed by atoms with Crippen molar-refractivity contribution in [2.45, 2.75) is 57.3 Å². The summed E-state index contributed by atoms with van der Waals surface area (Å²) in [6.07, 6.45) is 2.10. The second kappa shape index (κ2) is 15.4. The van der Waals surface area contributed by atoms with Crippen molar-refractivity contribution >= 4 is 52.6 Å².